The van der Waals surface area contributed by atoms with Gasteiger partial charge in [0.25, 0.3) is 0 Å². The van der Waals surface area contributed by atoms with Gasteiger partial charge in [-0.05, 0) is 50.0 Å². The molecule has 0 unspecified atom stereocenters. The molecule has 39 heavy (non-hydrogen) atoms. The van der Waals surface area contributed by atoms with E-state index in [9.17, 15) is 20.9 Å². The minimum atomic E-state index is -1.64. The Morgan fingerprint density at radius 2 is 1.97 bits per heavy atom. The zero-order valence-corrected chi connectivity index (χ0v) is 23.7. The lowest BCUT2D eigenvalue weighted by molar-refractivity contribution is -0.208. The molecule has 1 aliphatic heterocycles. The van der Waals surface area contributed by atoms with Gasteiger partial charge in [-0.2, -0.15) is 0 Å². The quantitative estimate of drug-likeness (QED) is 0.398. The molecule has 0 radical (unpaired) electrons. The molecular weight excluding hydrogens is 496 g/mol. The minimum Gasteiger partial charge on any atom is -0.457 e. The standard InChI is InChI=1S/C32H44O7/c1-18(2)28(36)37-17-25(35)32-26(38-29(39-32)19-8-6-5-7-9-19)15-23-22-11-10-20-14-21(33)12-13-30(20,3)27(22)24(34)16-31(23,32)4/h10,12-13,18-19,22-24,26-27,29,34H,5-9,11,14-17H2,1-4H3/t22-,23-,24-,26+,27+,29-,30-,31-,32+/m0/s1/i29D. The van der Waals surface area contributed by atoms with Crippen molar-refractivity contribution in [2.45, 2.75) is 110 Å². The summed E-state index contributed by atoms with van der Waals surface area (Å²) in [4.78, 5) is 38.9. The molecule has 6 rings (SSSR count). The van der Waals surface area contributed by atoms with Crippen LogP contribution in [-0.4, -0.2) is 53.3 Å². The topological polar surface area (TPSA) is 99.1 Å². The van der Waals surface area contributed by atoms with E-state index in [1.54, 1.807) is 19.9 Å². The molecule has 9 atom stereocenters. The number of carbonyl (C=O) groups is 3. The first kappa shape index (κ1) is 26.1. The van der Waals surface area contributed by atoms with Crippen molar-refractivity contribution in [1.82, 2.24) is 0 Å². The van der Waals surface area contributed by atoms with Gasteiger partial charge in [-0.1, -0.05) is 64.7 Å². The van der Waals surface area contributed by atoms with Crippen molar-refractivity contribution < 1.29 is 35.1 Å². The summed E-state index contributed by atoms with van der Waals surface area (Å²) in [7, 11) is 0. The van der Waals surface area contributed by atoms with E-state index in [4.69, 9.17) is 14.2 Å². The number of ketones is 2. The van der Waals surface area contributed by atoms with Crippen molar-refractivity contribution in [3.63, 3.8) is 0 Å². The van der Waals surface area contributed by atoms with Gasteiger partial charge in [-0.15, -0.1) is 0 Å². The van der Waals surface area contributed by atoms with Gasteiger partial charge in [-0.25, -0.2) is 0 Å². The first-order chi connectivity index (χ1) is 18.9. The monoisotopic (exact) mass is 541 g/mol. The first-order valence-corrected chi connectivity index (χ1v) is 15.0. The molecule has 0 bridgehead atoms. The molecule has 1 heterocycles. The number of aliphatic hydroxyl groups is 1. The zero-order valence-electron chi connectivity index (χ0n) is 24.7. The fourth-order valence-corrected chi connectivity index (χ4v) is 9.33. The zero-order chi connectivity index (χ0) is 28.7. The van der Waals surface area contributed by atoms with Crippen molar-refractivity contribution in [2.24, 2.45) is 40.4 Å². The van der Waals surface area contributed by atoms with E-state index in [0.29, 0.717) is 25.7 Å². The summed E-state index contributed by atoms with van der Waals surface area (Å²) in [5, 5.41) is 11.9. The number of Topliss-reactive ketones (excluding diaryl/α,β-unsaturated/α-hetero) is 1. The number of rotatable bonds is 5. The molecular formula is C32H44O7. The Morgan fingerprint density at radius 1 is 1.23 bits per heavy atom. The van der Waals surface area contributed by atoms with Crippen molar-refractivity contribution in [3.8, 4) is 0 Å². The predicted octanol–water partition coefficient (Wildman–Crippen LogP) is 4.70. The maximum Gasteiger partial charge on any atom is 0.308 e. The molecule has 6 aliphatic rings. The van der Waals surface area contributed by atoms with Crippen LogP contribution >= 0.6 is 0 Å². The summed E-state index contributed by atoms with van der Waals surface area (Å²) in [5.74, 6) is -1.30. The van der Waals surface area contributed by atoms with E-state index >= 15 is 0 Å². The lowest BCUT2D eigenvalue weighted by Gasteiger charge is -2.59. The molecule has 1 N–H and O–H groups in total. The Balaban J connectivity index is 1.38. The minimum absolute atomic E-state index is 0.00721. The van der Waals surface area contributed by atoms with Crippen LogP contribution in [0.15, 0.2) is 23.8 Å². The van der Waals surface area contributed by atoms with Crippen LogP contribution in [0.2, 0.25) is 0 Å². The molecule has 4 fully saturated rings. The summed E-state index contributed by atoms with van der Waals surface area (Å²) in [6.45, 7) is 7.17. The van der Waals surface area contributed by atoms with Crippen molar-refractivity contribution >= 4 is 17.5 Å². The van der Waals surface area contributed by atoms with Crippen LogP contribution in [0.25, 0.3) is 0 Å². The molecule has 3 saturated carbocycles. The van der Waals surface area contributed by atoms with Gasteiger partial charge in [0.2, 0.25) is 5.78 Å². The number of carbonyl (C=O) groups excluding carboxylic acids is 3. The summed E-state index contributed by atoms with van der Waals surface area (Å²) < 4.78 is 28.1. The molecule has 0 amide bonds. The average Bonchev–Trinajstić information content (AvgIpc) is 3.35. The summed E-state index contributed by atoms with van der Waals surface area (Å²) in [6.07, 6.45) is 9.47. The molecule has 0 spiro atoms. The van der Waals surface area contributed by atoms with Crippen LogP contribution < -0.4 is 0 Å². The van der Waals surface area contributed by atoms with Gasteiger partial charge in [0.15, 0.2) is 24.3 Å². The molecule has 7 nitrogen and oxygen atoms in total. The largest absolute Gasteiger partial charge is 0.457 e. The maximum absolute atomic E-state index is 14.3. The molecule has 214 valence electrons. The summed E-state index contributed by atoms with van der Waals surface area (Å²) >= 11 is 0. The van der Waals surface area contributed by atoms with Crippen LogP contribution in [0.3, 0.4) is 0 Å². The lowest BCUT2D eigenvalue weighted by Crippen LogP contribution is -2.63. The SMILES string of the molecule is [2H][C@]1(C2CCCCC2)O[C@@H]2C[C@H]3[C@@H]4CC=C5CC(=O)C=C[C@]5(C)[C@H]4[C@@H](O)C[C@]3(C)[C@]2(C(=O)COC(=O)C(C)C)O1. The predicted molar refractivity (Wildman–Crippen MR) is 143 cm³/mol. The Labute approximate surface area is 233 Å². The number of fused-ring (bicyclic) bond motifs is 7. The normalized spacial score (nSPS) is 47.5. The highest BCUT2D eigenvalue weighted by atomic mass is 16.7. The third kappa shape index (κ3) is 3.97. The number of hydrogen-bond acceptors (Lipinski definition) is 7. The van der Waals surface area contributed by atoms with Crippen molar-refractivity contribution in [3.05, 3.63) is 23.8 Å². The fraction of sp³-hybridized carbons (Fsp3) is 0.781. The Morgan fingerprint density at radius 3 is 2.69 bits per heavy atom. The molecule has 7 heteroatoms. The fourth-order valence-electron chi connectivity index (χ4n) is 9.33. The van der Waals surface area contributed by atoms with Crippen LogP contribution in [0.1, 0.15) is 86.9 Å². The van der Waals surface area contributed by atoms with Crippen LogP contribution in [0.4, 0.5) is 0 Å². The lowest BCUT2D eigenvalue weighted by atomic mass is 9.47. The smallest absolute Gasteiger partial charge is 0.308 e. The number of allylic oxidation sites excluding steroid dienone is 4. The van der Waals surface area contributed by atoms with Gasteiger partial charge in [0.1, 0.15) is 0 Å². The van der Waals surface area contributed by atoms with Gasteiger partial charge >= 0.3 is 5.97 Å². The van der Waals surface area contributed by atoms with Crippen LogP contribution in [0, 0.1) is 40.4 Å². The molecule has 1 saturated heterocycles. The number of hydrogen-bond donors (Lipinski definition) is 1. The maximum atomic E-state index is 14.3. The van der Waals surface area contributed by atoms with Gasteiger partial charge in [-0.3, -0.25) is 14.4 Å². The first-order valence-electron chi connectivity index (χ1n) is 15.5. The molecule has 5 aliphatic carbocycles. The van der Waals surface area contributed by atoms with E-state index in [0.717, 1.165) is 37.7 Å². The van der Waals surface area contributed by atoms with Gasteiger partial charge in [0, 0.05) is 29.1 Å². The number of esters is 1. The van der Waals surface area contributed by atoms with Gasteiger partial charge in [0.05, 0.1) is 19.5 Å². The highest BCUT2D eigenvalue weighted by molar-refractivity contribution is 5.94. The molecule has 0 aromatic rings. The third-order valence-electron chi connectivity index (χ3n) is 11.3. The Kier molecular flexibility index (Phi) is 6.44. The van der Waals surface area contributed by atoms with Gasteiger partial charge < -0.3 is 19.3 Å². The van der Waals surface area contributed by atoms with Crippen LogP contribution in [-0.2, 0) is 28.6 Å². The number of ether oxygens (including phenoxy) is 3. The Hall–Kier alpha value is -1.83. The molecule has 0 aromatic carbocycles. The van der Waals surface area contributed by atoms with E-state index < -0.39 is 47.5 Å². The van der Waals surface area contributed by atoms with Crippen LogP contribution in [0.5, 0.6) is 0 Å². The van der Waals surface area contributed by atoms with E-state index in [2.05, 4.69) is 13.0 Å². The van der Waals surface area contributed by atoms with Crippen molar-refractivity contribution in [2.75, 3.05) is 6.61 Å². The number of aliphatic hydroxyl groups excluding tert-OH is 1. The summed E-state index contributed by atoms with van der Waals surface area (Å²) in [5.41, 5.74) is -1.65. The van der Waals surface area contributed by atoms with E-state index in [-0.39, 0.29) is 41.2 Å². The third-order valence-corrected chi connectivity index (χ3v) is 11.3. The second-order valence-corrected chi connectivity index (χ2v) is 13.7. The highest BCUT2D eigenvalue weighted by Gasteiger charge is 2.76. The average molecular weight is 542 g/mol. The Bertz CT molecular complexity index is 1160. The second-order valence-electron chi connectivity index (χ2n) is 13.7. The van der Waals surface area contributed by atoms with Crippen molar-refractivity contribution in [1.29, 1.82) is 0 Å². The van der Waals surface area contributed by atoms with E-state index in [1.807, 2.05) is 13.0 Å². The second kappa shape index (κ2) is 9.63. The molecule has 0 aromatic heterocycles. The van der Waals surface area contributed by atoms with E-state index in [1.165, 1.54) is 0 Å². The summed E-state index contributed by atoms with van der Waals surface area (Å²) in [6, 6.07) is 0. The highest BCUT2D eigenvalue weighted by Crippen LogP contribution is 2.69.